The number of benzene rings is 1. The largest absolute Gasteiger partial charge is 0.270 e. The monoisotopic (exact) mass is 218 g/mol. The number of halogens is 3. The first-order valence-electron chi connectivity index (χ1n) is 4.62. The summed E-state index contributed by atoms with van der Waals surface area (Å²) in [5, 5.41) is 0.362. The molecule has 0 bridgehead atoms. The normalized spacial score (nSPS) is 11.8. The van der Waals surface area contributed by atoms with Gasteiger partial charge in [0.25, 0.3) is 5.92 Å². The standard InChI is InChI=1S/C11H13ClF2/c1-3-4-8-5-6-9(12)7-10(8)11(2,13)14/h5-7H,3-4H2,1-2H3. The van der Waals surface area contributed by atoms with E-state index >= 15 is 0 Å². The van der Waals surface area contributed by atoms with Crippen molar-refractivity contribution in [3.63, 3.8) is 0 Å². The first kappa shape index (κ1) is 11.4. The number of alkyl halides is 2. The third-order valence-corrected chi connectivity index (χ3v) is 2.30. The van der Waals surface area contributed by atoms with Gasteiger partial charge in [-0.05, 0) is 24.1 Å². The number of hydrogen-bond acceptors (Lipinski definition) is 0. The van der Waals surface area contributed by atoms with Gasteiger partial charge in [-0.3, -0.25) is 0 Å². The lowest BCUT2D eigenvalue weighted by Gasteiger charge is -2.15. The molecular weight excluding hydrogens is 206 g/mol. The zero-order valence-corrected chi connectivity index (χ0v) is 9.04. The average Bonchev–Trinajstić information content (AvgIpc) is 2.07. The second kappa shape index (κ2) is 4.26. The van der Waals surface area contributed by atoms with Crippen molar-refractivity contribution in [2.75, 3.05) is 0 Å². The lowest BCUT2D eigenvalue weighted by Crippen LogP contribution is -2.10. The molecule has 0 fully saturated rings. The van der Waals surface area contributed by atoms with Crippen LogP contribution in [0.3, 0.4) is 0 Å². The highest BCUT2D eigenvalue weighted by Crippen LogP contribution is 2.32. The number of hydrogen-bond donors (Lipinski definition) is 0. The van der Waals surface area contributed by atoms with Crippen molar-refractivity contribution in [3.05, 3.63) is 34.3 Å². The quantitative estimate of drug-likeness (QED) is 0.705. The summed E-state index contributed by atoms with van der Waals surface area (Å²) >= 11 is 5.69. The topological polar surface area (TPSA) is 0 Å². The Hall–Kier alpha value is -0.630. The fraction of sp³-hybridized carbons (Fsp3) is 0.455. The Morgan fingerprint density at radius 2 is 2.00 bits per heavy atom. The van der Waals surface area contributed by atoms with Crippen LogP contribution in [0.25, 0.3) is 0 Å². The maximum absolute atomic E-state index is 13.2. The molecular formula is C11H13ClF2. The van der Waals surface area contributed by atoms with E-state index in [2.05, 4.69) is 0 Å². The Kier molecular flexibility index (Phi) is 3.48. The van der Waals surface area contributed by atoms with E-state index in [0.717, 1.165) is 13.3 Å². The molecule has 0 nitrogen and oxygen atoms in total. The molecule has 0 aliphatic rings. The molecule has 0 spiro atoms. The second-order valence-electron chi connectivity index (χ2n) is 3.44. The van der Waals surface area contributed by atoms with Crippen LogP contribution in [0.4, 0.5) is 8.78 Å². The highest BCUT2D eigenvalue weighted by atomic mass is 35.5. The Morgan fingerprint density at radius 1 is 1.36 bits per heavy atom. The highest BCUT2D eigenvalue weighted by Gasteiger charge is 2.27. The van der Waals surface area contributed by atoms with Crippen LogP contribution >= 0.6 is 11.6 Å². The fourth-order valence-corrected chi connectivity index (χ4v) is 1.62. The summed E-state index contributed by atoms with van der Waals surface area (Å²) in [5.74, 6) is -2.81. The lowest BCUT2D eigenvalue weighted by atomic mass is 9.99. The van der Waals surface area contributed by atoms with Gasteiger partial charge in [-0.2, -0.15) is 0 Å². The zero-order valence-electron chi connectivity index (χ0n) is 8.28. The molecule has 1 aromatic rings. The molecule has 1 aromatic carbocycles. The molecule has 0 heterocycles. The van der Waals surface area contributed by atoms with E-state index in [-0.39, 0.29) is 5.56 Å². The van der Waals surface area contributed by atoms with Crippen molar-refractivity contribution in [2.45, 2.75) is 32.6 Å². The van der Waals surface area contributed by atoms with Gasteiger partial charge in [-0.15, -0.1) is 0 Å². The van der Waals surface area contributed by atoms with Crippen molar-refractivity contribution < 1.29 is 8.78 Å². The van der Waals surface area contributed by atoms with Crippen LogP contribution in [0.5, 0.6) is 0 Å². The summed E-state index contributed by atoms with van der Waals surface area (Å²) in [6.07, 6.45) is 1.51. The van der Waals surface area contributed by atoms with Crippen molar-refractivity contribution in [1.82, 2.24) is 0 Å². The summed E-state index contributed by atoms with van der Waals surface area (Å²) in [6, 6.07) is 4.69. The highest BCUT2D eigenvalue weighted by molar-refractivity contribution is 6.30. The van der Waals surface area contributed by atoms with Gasteiger partial charge in [0.15, 0.2) is 0 Å². The van der Waals surface area contributed by atoms with Crippen molar-refractivity contribution in [1.29, 1.82) is 0 Å². The van der Waals surface area contributed by atoms with Gasteiger partial charge in [-0.1, -0.05) is 31.0 Å². The Labute approximate surface area is 87.9 Å². The molecule has 0 aliphatic heterocycles. The van der Waals surface area contributed by atoms with Gasteiger partial charge in [0.2, 0.25) is 0 Å². The SMILES string of the molecule is CCCc1ccc(Cl)cc1C(C)(F)F. The van der Waals surface area contributed by atoms with E-state index in [0.29, 0.717) is 17.0 Å². The second-order valence-corrected chi connectivity index (χ2v) is 3.88. The van der Waals surface area contributed by atoms with Gasteiger partial charge in [0.1, 0.15) is 0 Å². The van der Waals surface area contributed by atoms with Crippen LogP contribution in [-0.4, -0.2) is 0 Å². The lowest BCUT2D eigenvalue weighted by molar-refractivity contribution is 0.0165. The minimum Gasteiger partial charge on any atom is -0.202 e. The van der Waals surface area contributed by atoms with Crippen molar-refractivity contribution in [2.24, 2.45) is 0 Å². The van der Waals surface area contributed by atoms with Gasteiger partial charge in [0, 0.05) is 17.5 Å². The predicted octanol–water partition coefficient (Wildman–Crippen LogP) is 4.40. The smallest absolute Gasteiger partial charge is 0.202 e. The van der Waals surface area contributed by atoms with E-state index in [1.807, 2.05) is 6.92 Å². The van der Waals surface area contributed by atoms with Gasteiger partial charge >= 0.3 is 0 Å². The molecule has 0 aromatic heterocycles. The minimum absolute atomic E-state index is 0.0480. The van der Waals surface area contributed by atoms with E-state index < -0.39 is 5.92 Å². The fourth-order valence-electron chi connectivity index (χ4n) is 1.44. The summed E-state index contributed by atoms with van der Waals surface area (Å²) in [5.41, 5.74) is 0.733. The molecule has 0 N–H and O–H groups in total. The summed E-state index contributed by atoms with van der Waals surface area (Å²) < 4.78 is 26.3. The van der Waals surface area contributed by atoms with E-state index in [4.69, 9.17) is 11.6 Å². The first-order valence-corrected chi connectivity index (χ1v) is 4.99. The molecule has 0 amide bonds. The van der Waals surface area contributed by atoms with E-state index in [1.54, 1.807) is 12.1 Å². The molecule has 0 unspecified atom stereocenters. The molecule has 1 rings (SSSR count). The molecule has 0 saturated carbocycles. The molecule has 0 aliphatic carbocycles. The van der Waals surface area contributed by atoms with Gasteiger partial charge in [-0.25, -0.2) is 8.78 Å². The maximum Gasteiger partial charge on any atom is 0.270 e. The van der Waals surface area contributed by atoms with Crippen LogP contribution < -0.4 is 0 Å². The summed E-state index contributed by atoms with van der Waals surface area (Å²) in [7, 11) is 0. The molecule has 0 saturated heterocycles. The molecule has 0 radical (unpaired) electrons. The van der Waals surface area contributed by atoms with Crippen LogP contribution in [0.15, 0.2) is 18.2 Å². The van der Waals surface area contributed by atoms with E-state index in [1.165, 1.54) is 6.07 Å². The molecule has 78 valence electrons. The third kappa shape index (κ3) is 2.68. The van der Waals surface area contributed by atoms with Crippen LogP contribution in [0.2, 0.25) is 5.02 Å². The Morgan fingerprint density at radius 3 is 2.50 bits per heavy atom. The van der Waals surface area contributed by atoms with Gasteiger partial charge < -0.3 is 0 Å². The Bertz CT molecular complexity index is 316. The molecule has 0 atom stereocenters. The first-order chi connectivity index (χ1) is 6.45. The predicted molar refractivity (Wildman–Crippen MR) is 55.0 cm³/mol. The molecule has 14 heavy (non-hydrogen) atoms. The van der Waals surface area contributed by atoms with Crippen molar-refractivity contribution >= 4 is 11.6 Å². The van der Waals surface area contributed by atoms with Gasteiger partial charge in [0.05, 0.1) is 0 Å². The zero-order chi connectivity index (χ0) is 10.8. The summed E-state index contributed by atoms with van der Waals surface area (Å²) in [6.45, 7) is 2.87. The van der Waals surface area contributed by atoms with Crippen molar-refractivity contribution in [3.8, 4) is 0 Å². The van der Waals surface area contributed by atoms with E-state index in [9.17, 15) is 8.78 Å². The average molecular weight is 219 g/mol. The van der Waals surface area contributed by atoms with Crippen LogP contribution in [-0.2, 0) is 12.3 Å². The number of aryl methyl sites for hydroxylation is 1. The number of rotatable bonds is 3. The van der Waals surface area contributed by atoms with Crippen LogP contribution in [0.1, 0.15) is 31.4 Å². The maximum atomic E-state index is 13.2. The third-order valence-electron chi connectivity index (χ3n) is 2.06. The molecule has 3 heteroatoms. The minimum atomic E-state index is -2.81. The summed E-state index contributed by atoms with van der Waals surface area (Å²) in [4.78, 5) is 0. The van der Waals surface area contributed by atoms with Crippen LogP contribution in [0, 0.1) is 0 Å². The Balaban J connectivity index is 3.16.